The number of nitrogens with zero attached hydrogens (tertiary/aromatic N) is 3. The molecule has 8 nitrogen and oxygen atoms in total. The van der Waals surface area contributed by atoms with E-state index in [9.17, 15) is 4.79 Å². The van der Waals surface area contributed by atoms with Gasteiger partial charge >= 0.3 is 7.15 Å². The number of hydrogen-bond acceptors (Lipinski definition) is 7. The van der Waals surface area contributed by atoms with E-state index in [1.165, 1.54) is 25.6 Å². The zero-order valence-corrected chi connectivity index (χ0v) is 16.1. The highest BCUT2D eigenvalue weighted by atomic mass is 32.4. The molecule has 1 aliphatic heterocycles. The highest BCUT2D eigenvalue weighted by Crippen LogP contribution is 2.35. The summed E-state index contributed by atoms with van der Waals surface area (Å²) in [5, 5.41) is 0. The van der Waals surface area contributed by atoms with Crippen LogP contribution in [0, 0.1) is 0 Å². The van der Waals surface area contributed by atoms with Gasteiger partial charge in [0.1, 0.15) is 18.9 Å². The molecule has 4 rings (SSSR count). The second-order valence-electron chi connectivity index (χ2n) is 6.73. The molecule has 0 radical (unpaired) electrons. The molecule has 1 N–H and O–H groups in total. The van der Waals surface area contributed by atoms with Gasteiger partial charge in [0.05, 0.1) is 18.8 Å². The maximum Gasteiger partial charge on any atom is 0.522 e. The molecule has 2 aromatic rings. The van der Waals surface area contributed by atoms with Crippen LogP contribution in [0.15, 0.2) is 17.4 Å². The van der Waals surface area contributed by atoms with Crippen LogP contribution in [-0.2, 0) is 25.6 Å². The molecule has 1 unspecified atom stereocenters. The molecule has 1 saturated carbocycles. The summed E-state index contributed by atoms with van der Waals surface area (Å²) in [6, 6.07) is 0. The fourth-order valence-electron chi connectivity index (χ4n) is 3.55. The minimum absolute atomic E-state index is 0.0395. The van der Waals surface area contributed by atoms with E-state index < -0.39 is 7.15 Å². The number of imidazole rings is 1. The minimum atomic E-state index is -1.29. The van der Waals surface area contributed by atoms with Crippen LogP contribution in [-0.4, -0.2) is 38.3 Å². The lowest BCUT2D eigenvalue weighted by atomic mass is 9.98. The number of nitrogens with one attached hydrogen (secondary N) is 1. The third-order valence-corrected chi connectivity index (χ3v) is 6.32. The van der Waals surface area contributed by atoms with Crippen molar-refractivity contribution >= 4 is 30.1 Å². The summed E-state index contributed by atoms with van der Waals surface area (Å²) in [5.41, 5.74) is 0.612. The third kappa shape index (κ3) is 4.02. The number of rotatable bonds is 6. The Hall–Kier alpha value is -1.25. The first-order valence-electron chi connectivity index (χ1n) is 9.03. The largest absolute Gasteiger partial charge is 0.522 e. The van der Waals surface area contributed by atoms with Gasteiger partial charge in [-0.2, -0.15) is 0 Å². The van der Waals surface area contributed by atoms with Gasteiger partial charge in [0.25, 0.3) is 5.56 Å². The van der Waals surface area contributed by atoms with Gasteiger partial charge < -0.3 is 9.72 Å². The van der Waals surface area contributed by atoms with E-state index in [4.69, 9.17) is 25.6 Å². The summed E-state index contributed by atoms with van der Waals surface area (Å²) < 4.78 is 19.5. The van der Waals surface area contributed by atoms with Crippen molar-refractivity contribution in [3.8, 4) is 0 Å². The molecule has 3 heterocycles. The van der Waals surface area contributed by atoms with Crippen LogP contribution in [0.4, 0.5) is 0 Å². The van der Waals surface area contributed by atoms with Crippen molar-refractivity contribution in [2.45, 2.75) is 63.4 Å². The molecule has 140 valence electrons. The van der Waals surface area contributed by atoms with E-state index in [1.54, 1.807) is 10.9 Å². The SMILES string of the molecule is O=c1[nH]cnc2c1ncn2[C@H]1CC[C@@H](CO[P+](=S)OC2CCCCC2)O1. The molecule has 1 aliphatic carbocycles. The van der Waals surface area contributed by atoms with Gasteiger partial charge in [0.2, 0.25) is 11.8 Å². The summed E-state index contributed by atoms with van der Waals surface area (Å²) in [4.78, 5) is 22.6. The van der Waals surface area contributed by atoms with Crippen molar-refractivity contribution < 1.29 is 13.8 Å². The average molecular weight is 397 g/mol. The highest BCUT2D eigenvalue weighted by molar-refractivity contribution is 8.00. The van der Waals surface area contributed by atoms with Crippen molar-refractivity contribution in [1.29, 1.82) is 0 Å². The maximum atomic E-state index is 11.8. The summed E-state index contributed by atoms with van der Waals surface area (Å²) >= 11 is 5.34. The average Bonchev–Trinajstić information content (AvgIpc) is 3.28. The van der Waals surface area contributed by atoms with Crippen molar-refractivity contribution in [3.63, 3.8) is 0 Å². The summed E-state index contributed by atoms with van der Waals surface area (Å²) in [5.74, 6) is 0. The first-order valence-corrected chi connectivity index (χ1v) is 11.2. The number of aromatic amines is 1. The number of hydrogen-bond donors (Lipinski definition) is 1. The normalized spacial score (nSPS) is 25.0. The molecule has 2 fully saturated rings. The molecule has 0 aromatic carbocycles. The summed E-state index contributed by atoms with van der Waals surface area (Å²) in [6.45, 7) is 0.430. The summed E-state index contributed by atoms with van der Waals surface area (Å²) in [6.07, 6.45) is 10.6. The van der Waals surface area contributed by atoms with E-state index in [0.717, 1.165) is 25.7 Å². The summed E-state index contributed by atoms with van der Waals surface area (Å²) in [7, 11) is -1.29. The van der Waals surface area contributed by atoms with Crippen LogP contribution in [0.25, 0.3) is 11.2 Å². The van der Waals surface area contributed by atoms with Gasteiger partial charge in [0, 0.05) is 0 Å². The molecular weight excluding hydrogens is 375 g/mol. The molecule has 2 aliphatic rings. The Kier molecular flexibility index (Phi) is 5.71. The Labute approximate surface area is 156 Å². The topological polar surface area (TPSA) is 91.3 Å². The predicted molar refractivity (Wildman–Crippen MR) is 99.5 cm³/mol. The van der Waals surface area contributed by atoms with Gasteiger partial charge in [-0.15, -0.1) is 9.05 Å². The molecule has 2 aromatic heterocycles. The van der Waals surface area contributed by atoms with E-state index >= 15 is 0 Å². The monoisotopic (exact) mass is 397 g/mol. The van der Waals surface area contributed by atoms with Crippen LogP contribution >= 0.6 is 7.15 Å². The Bertz CT molecular complexity index is 835. The third-order valence-electron chi connectivity index (χ3n) is 4.91. The molecule has 0 bridgehead atoms. The number of fused-ring (bicyclic) bond motifs is 1. The number of aromatic nitrogens is 4. The van der Waals surface area contributed by atoms with Gasteiger partial charge in [-0.3, -0.25) is 9.36 Å². The molecule has 3 atom stereocenters. The van der Waals surface area contributed by atoms with E-state index in [-0.39, 0.29) is 24.0 Å². The van der Waals surface area contributed by atoms with Gasteiger partial charge in [-0.25, -0.2) is 9.97 Å². The van der Waals surface area contributed by atoms with Crippen LogP contribution in [0.3, 0.4) is 0 Å². The van der Waals surface area contributed by atoms with Crippen LogP contribution in [0.5, 0.6) is 0 Å². The van der Waals surface area contributed by atoms with Crippen molar-refractivity contribution in [2.75, 3.05) is 6.61 Å². The first kappa shape index (κ1) is 18.1. The molecule has 10 heteroatoms. The maximum absolute atomic E-state index is 11.8. The molecular formula is C16H22N4O4PS+. The minimum Gasteiger partial charge on any atom is -0.352 e. The Balaban J connectivity index is 1.30. The van der Waals surface area contributed by atoms with E-state index in [0.29, 0.717) is 17.8 Å². The molecule has 1 saturated heterocycles. The lowest BCUT2D eigenvalue weighted by Gasteiger charge is -2.16. The Morgan fingerprint density at radius 3 is 2.96 bits per heavy atom. The predicted octanol–water partition coefficient (Wildman–Crippen LogP) is 2.94. The smallest absolute Gasteiger partial charge is 0.352 e. The Morgan fingerprint density at radius 1 is 1.27 bits per heavy atom. The fourth-order valence-corrected chi connectivity index (χ4v) is 4.91. The van der Waals surface area contributed by atoms with E-state index in [2.05, 4.69) is 15.0 Å². The van der Waals surface area contributed by atoms with E-state index in [1.807, 2.05) is 0 Å². The standard InChI is InChI=1S/C16H21N4O4PS/c21-16-14-15(17-9-18-16)20(10-19-14)13-7-6-12(23-13)8-22-25(26)24-11-4-2-1-3-5-11/h9-13H,1-8H2/p+1/t12-,13+/m0/s1. The second-order valence-corrected chi connectivity index (χ2v) is 8.54. The zero-order chi connectivity index (χ0) is 17.9. The van der Waals surface area contributed by atoms with Crippen LogP contribution < -0.4 is 5.56 Å². The van der Waals surface area contributed by atoms with Crippen molar-refractivity contribution in [3.05, 3.63) is 23.0 Å². The van der Waals surface area contributed by atoms with Crippen LogP contribution in [0.2, 0.25) is 0 Å². The quantitative estimate of drug-likeness (QED) is 0.750. The van der Waals surface area contributed by atoms with Crippen molar-refractivity contribution in [1.82, 2.24) is 19.5 Å². The molecule has 0 spiro atoms. The lowest BCUT2D eigenvalue weighted by Crippen LogP contribution is -2.17. The number of H-pyrrole nitrogens is 1. The highest BCUT2D eigenvalue weighted by Gasteiger charge is 2.32. The van der Waals surface area contributed by atoms with Crippen molar-refractivity contribution in [2.24, 2.45) is 0 Å². The lowest BCUT2D eigenvalue weighted by molar-refractivity contribution is -0.0164. The molecule has 26 heavy (non-hydrogen) atoms. The second kappa shape index (κ2) is 8.19. The zero-order valence-electron chi connectivity index (χ0n) is 14.4. The first-order chi connectivity index (χ1) is 12.7. The Morgan fingerprint density at radius 2 is 2.12 bits per heavy atom. The number of ether oxygens (including phenoxy) is 1. The van der Waals surface area contributed by atoms with Gasteiger partial charge in [0.15, 0.2) is 11.2 Å². The van der Waals surface area contributed by atoms with Gasteiger partial charge in [-0.1, -0.05) is 19.3 Å². The van der Waals surface area contributed by atoms with Gasteiger partial charge in [-0.05, 0) is 25.7 Å². The fraction of sp³-hybridized carbons (Fsp3) is 0.688. The van der Waals surface area contributed by atoms with Crippen LogP contribution in [0.1, 0.15) is 51.2 Å². The molecule has 0 amide bonds.